The highest BCUT2D eigenvalue weighted by Gasteiger charge is 2.28. The van der Waals surface area contributed by atoms with Crippen molar-refractivity contribution >= 4 is 97.0 Å². The highest BCUT2D eigenvalue weighted by atomic mass is 14.3. The van der Waals surface area contributed by atoms with E-state index >= 15 is 0 Å². The fourth-order valence-corrected chi connectivity index (χ4v) is 13.7. The summed E-state index contributed by atoms with van der Waals surface area (Å²) in [6.07, 6.45) is 0. The predicted octanol–water partition coefficient (Wildman–Crippen LogP) is 19.9. The molecule has 14 aromatic carbocycles. The van der Waals surface area contributed by atoms with E-state index in [1.807, 2.05) is 0 Å². The van der Waals surface area contributed by atoms with E-state index in [2.05, 4.69) is 222 Å². The molecule has 0 fully saturated rings. The largest absolute Gasteiger partial charge is 0.0616 e. The summed E-state index contributed by atoms with van der Waals surface area (Å²) >= 11 is 0. The third-order valence-electron chi connectivity index (χ3n) is 16.7. The van der Waals surface area contributed by atoms with Gasteiger partial charge in [-0.15, -0.1) is 0 Å². The van der Waals surface area contributed by atoms with Gasteiger partial charge in [-0.2, -0.15) is 0 Å². The van der Waals surface area contributed by atoms with Gasteiger partial charge in [0, 0.05) is 0 Å². The number of hydrogen-bond donors (Lipinski definition) is 0. The number of rotatable bonds is 2. The molecule has 0 saturated heterocycles. The van der Waals surface area contributed by atoms with Crippen molar-refractivity contribution in [1.82, 2.24) is 0 Å². The second-order valence-corrected chi connectivity index (χ2v) is 20.4. The zero-order valence-corrected chi connectivity index (χ0v) is 39.5. The fourth-order valence-electron chi connectivity index (χ4n) is 13.7. The molecular formula is C70H44. The molecular weight excluding hydrogens is 841 g/mol. The van der Waals surface area contributed by atoms with E-state index in [-0.39, 0.29) is 0 Å². The molecule has 0 radical (unpaired) electrons. The van der Waals surface area contributed by atoms with Crippen LogP contribution in [0.15, 0.2) is 194 Å². The molecule has 0 nitrogen and oxygen atoms in total. The highest BCUT2D eigenvalue weighted by molar-refractivity contribution is 6.33. The van der Waals surface area contributed by atoms with Crippen LogP contribution < -0.4 is 0 Å². The first-order valence-electron chi connectivity index (χ1n) is 24.8. The zero-order chi connectivity index (χ0) is 46.3. The quantitative estimate of drug-likeness (QED) is 0.152. The van der Waals surface area contributed by atoms with Gasteiger partial charge in [-0.05, 0) is 238 Å². The Kier molecular flexibility index (Phi) is 7.44. The summed E-state index contributed by atoms with van der Waals surface area (Å²) < 4.78 is 0. The molecule has 16 rings (SSSR count). The second-order valence-electron chi connectivity index (χ2n) is 20.4. The molecule has 0 bridgehead atoms. The van der Waals surface area contributed by atoms with Gasteiger partial charge >= 0.3 is 0 Å². The number of benzene rings is 14. The van der Waals surface area contributed by atoms with Crippen LogP contribution in [0.2, 0.25) is 0 Å². The monoisotopic (exact) mass is 884 g/mol. The minimum Gasteiger partial charge on any atom is -0.0616 e. The number of hydrogen-bond acceptors (Lipinski definition) is 0. The summed E-state index contributed by atoms with van der Waals surface area (Å²) in [6.45, 7) is 9.06. The lowest BCUT2D eigenvalue weighted by Gasteiger charge is -2.20. The van der Waals surface area contributed by atoms with E-state index in [1.54, 1.807) is 0 Å². The summed E-state index contributed by atoms with van der Waals surface area (Å²) in [5.74, 6) is 0. The Morgan fingerprint density at radius 1 is 0.186 bits per heavy atom. The number of aryl methyl sites for hydroxylation is 4. The smallest absolute Gasteiger partial charge is 0.00172 e. The maximum absolute atomic E-state index is 2.53. The lowest BCUT2D eigenvalue weighted by Crippen LogP contribution is -1.93. The molecule has 0 unspecified atom stereocenters. The molecule has 0 heterocycles. The first-order chi connectivity index (χ1) is 34.4. The standard InChI is InChI=1S/C70H44/c1-37-21-25-49-55(31-37)62(33-61-54-28-24-40(4)68-51-20-12-10-18-46(51)65(70(54)68)36-60(49)61)58-32-57-43-15-7-8-16-44(43)63(35-59(57)42-14-6-5-13-41(42)58)66-38(2)22-26-47-52(66)30-29-48-53-27-23-39(3)67-50-19-11-9-17-45(50)64(69(53)67)34-56(47)48/h5-36H,1-4H3. The van der Waals surface area contributed by atoms with Gasteiger partial charge in [0.05, 0.1) is 0 Å². The van der Waals surface area contributed by atoms with E-state index in [0.717, 1.165) is 0 Å². The molecule has 70 heavy (non-hydrogen) atoms. The summed E-state index contributed by atoms with van der Waals surface area (Å²) in [5.41, 5.74) is 21.2. The molecule has 2 aliphatic carbocycles. The van der Waals surface area contributed by atoms with Crippen molar-refractivity contribution in [2.45, 2.75) is 27.7 Å². The minimum absolute atomic E-state index is 1.27. The third-order valence-corrected chi connectivity index (χ3v) is 16.7. The first-order valence-corrected chi connectivity index (χ1v) is 24.8. The van der Waals surface area contributed by atoms with E-state index in [0.29, 0.717) is 0 Å². The Labute approximate surface area is 405 Å². The van der Waals surface area contributed by atoms with Crippen molar-refractivity contribution in [3.05, 3.63) is 216 Å². The van der Waals surface area contributed by atoms with E-state index < -0.39 is 0 Å². The highest BCUT2D eigenvalue weighted by Crippen LogP contribution is 2.55. The average molecular weight is 885 g/mol. The van der Waals surface area contributed by atoms with Crippen molar-refractivity contribution in [3.8, 4) is 66.8 Å². The van der Waals surface area contributed by atoms with Crippen LogP contribution in [0.5, 0.6) is 0 Å². The normalized spacial score (nSPS) is 12.6. The van der Waals surface area contributed by atoms with Gasteiger partial charge in [-0.1, -0.05) is 169 Å². The average Bonchev–Trinajstić information content (AvgIpc) is 3.92. The summed E-state index contributed by atoms with van der Waals surface area (Å²) in [6, 6.07) is 74.9. The van der Waals surface area contributed by atoms with Crippen LogP contribution in [0.1, 0.15) is 22.3 Å². The van der Waals surface area contributed by atoms with Crippen molar-refractivity contribution in [3.63, 3.8) is 0 Å². The van der Waals surface area contributed by atoms with Gasteiger partial charge in [-0.3, -0.25) is 0 Å². The van der Waals surface area contributed by atoms with Gasteiger partial charge in [0.15, 0.2) is 0 Å². The SMILES string of the molecule is Cc1ccc2c(c1)c(-c1cc3c4ccccc4c(-c4c(C)ccc5c4ccc4c6ccc(C)c7c6c(cc54)-c4ccccc4-7)cc3c3ccccc13)cc1c3ccc(C)c4c3c(cc21)-c1ccccc1-4. The second kappa shape index (κ2) is 13.6. The molecule has 0 spiro atoms. The van der Waals surface area contributed by atoms with Crippen LogP contribution in [-0.2, 0) is 0 Å². The Morgan fingerprint density at radius 3 is 1.13 bits per heavy atom. The van der Waals surface area contributed by atoms with Crippen LogP contribution >= 0.6 is 0 Å². The molecule has 14 aromatic rings. The fraction of sp³-hybridized carbons (Fsp3) is 0.0571. The van der Waals surface area contributed by atoms with Crippen LogP contribution in [0.3, 0.4) is 0 Å². The van der Waals surface area contributed by atoms with Crippen LogP contribution in [0.25, 0.3) is 164 Å². The van der Waals surface area contributed by atoms with Crippen molar-refractivity contribution in [2.24, 2.45) is 0 Å². The van der Waals surface area contributed by atoms with Crippen LogP contribution in [0, 0.1) is 27.7 Å². The molecule has 0 amide bonds. The Bertz CT molecular complexity index is 4790. The van der Waals surface area contributed by atoms with Crippen LogP contribution in [0.4, 0.5) is 0 Å². The molecule has 2 aliphatic rings. The molecule has 0 N–H and O–H groups in total. The van der Waals surface area contributed by atoms with Crippen LogP contribution in [-0.4, -0.2) is 0 Å². The number of fused-ring (bicyclic) bond motifs is 19. The maximum atomic E-state index is 2.53. The first kappa shape index (κ1) is 38.4. The summed E-state index contributed by atoms with van der Waals surface area (Å²) in [4.78, 5) is 0. The Morgan fingerprint density at radius 2 is 0.529 bits per heavy atom. The van der Waals surface area contributed by atoms with Gasteiger partial charge in [0.25, 0.3) is 0 Å². The van der Waals surface area contributed by atoms with E-state index in [9.17, 15) is 0 Å². The minimum atomic E-state index is 1.27. The molecule has 324 valence electrons. The van der Waals surface area contributed by atoms with Gasteiger partial charge in [-0.25, -0.2) is 0 Å². The lowest BCUT2D eigenvalue weighted by molar-refractivity contribution is 1.50. The van der Waals surface area contributed by atoms with Gasteiger partial charge in [0.2, 0.25) is 0 Å². The Hall–Kier alpha value is -8.58. The third kappa shape index (κ3) is 4.85. The van der Waals surface area contributed by atoms with Gasteiger partial charge in [0.1, 0.15) is 0 Å². The molecule has 0 atom stereocenters. The van der Waals surface area contributed by atoms with Crippen molar-refractivity contribution in [2.75, 3.05) is 0 Å². The summed E-state index contributed by atoms with van der Waals surface area (Å²) in [5, 5.41) is 23.5. The van der Waals surface area contributed by atoms with Crippen molar-refractivity contribution < 1.29 is 0 Å². The van der Waals surface area contributed by atoms with E-state index in [1.165, 1.54) is 186 Å². The molecule has 0 aromatic heterocycles. The molecule has 0 saturated carbocycles. The zero-order valence-electron chi connectivity index (χ0n) is 39.5. The topological polar surface area (TPSA) is 0 Å². The lowest BCUT2D eigenvalue weighted by atomic mass is 9.83. The predicted molar refractivity (Wildman–Crippen MR) is 303 cm³/mol. The van der Waals surface area contributed by atoms with Crippen molar-refractivity contribution in [1.29, 1.82) is 0 Å². The summed E-state index contributed by atoms with van der Waals surface area (Å²) in [7, 11) is 0. The maximum Gasteiger partial charge on any atom is -0.00172 e. The van der Waals surface area contributed by atoms with E-state index in [4.69, 9.17) is 0 Å². The Balaban J connectivity index is 0.979. The van der Waals surface area contributed by atoms with Gasteiger partial charge < -0.3 is 0 Å². The molecule has 0 aliphatic heterocycles. The molecule has 0 heteroatoms.